The Balaban J connectivity index is 2.51. The van der Waals surface area contributed by atoms with Gasteiger partial charge in [-0.3, -0.25) is 0 Å². The molecule has 58 valence electrons. The second-order valence-electron chi connectivity index (χ2n) is 2.52. The van der Waals surface area contributed by atoms with Gasteiger partial charge in [0.15, 0.2) is 0 Å². The van der Waals surface area contributed by atoms with E-state index in [4.69, 9.17) is 7.05 Å². The van der Waals surface area contributed by atoms with E-state index in [9.17, 15) is 0 Å². The lowest BCUT2D eigenvalue weighted by Crippen LogP contribution is -1.87. The van der Waals surface area contributed by atoms with E-state index in [1.54, 1.807) is 12.4 Å². The van der Waals surface area contributed by atoms with E-state index in [2.05, 4.69) is 4.98 Å². The zero-order valence-electron chi connectivity index (χ0n) is 6.51. The highest BCUT2D eigenvalue weighted by Crippen LogP contribution is 2.14. The van der Waals surface area contributed by atoms with Crippen LogP contribution in [0.25, 0.3) is 11.4 Å². The zero-order chi connectivity index (χ0) is 8.39. The lowest BCUT2D eigenvalue weighted by atomic mass is 10.2. The number of hydrogen-bond acceptors (Lipinski definition) is 1. The van der Waals surface area contributed by atoms with Crippen LogP contribution in [-0.2, 0) is 0 Å². The Hall–Kier alpha value is -1.57. The van der Waals surface area contributed by atoms with Gasteiger partial charge in [-0.1, -0.05) is 30.3 Å². The molecule has 12 heavy (non-hydrogen) atoms. The summed E-state index contributed by atoms with van der Waals surface area (Å²) in [7, 11) is 5.63. The zero-order valence-corrected chi connectivity index (χ0v) is 6.51. The summed E-state index contributed by atoms with van der Waals surface area (Å²) >= 11 is 0. The summed E-state index contributed by atoms with van der Waals surface area (Å²) in [5.74, 6) is 0.788. The van der Waals surface area contributed by atoms with Crippen molar-refractivity contribution in [1.82, 2.24) is 9.55 Å². The smallest absolute Gasteiger partial charge is 0.140 e. The van der Waals surface area contributed by atoms with Crippen molar-refractivity contribution in [3.63, 3.8) is 0 Å². The average molecular weight is 156 g/mol. The molecule has 0 aliphatic carbocycles. The second kappa shape index (κ2) is 2.81. The maximum atomic E-state index is 5.63. The molecule has 2 nitrogen and oxygen atoms in total. The minimum Gasteiger partial charge on any atom is -0.324 e. The van der Waals surface area contributed by atoms with Gasteiger partial charge < -0.3 is 4.57 Å². The van der Waals surface area contributed by atoms with Crippen molar-refractivity contribution in [3.05, 3.63) is 49.8 Å². The van der Waals surface area contributed by atoms with Crippen LogP contribution in [0.1, 0.15) is 0 Å². The van der Waals surface area contributed by atoms with E-state index >= 15 is 0 Å². The highest BCUT2D eigenvalue weighted by Gasteiger charge is 2.00. The Labute approximate surface area is 71.5 Å². The Bertz CT molecular complexity index is 362. The first-order valence-electron chi connectivity index (χ1n) is 3.72. The molecule has 1 aromatic heterocycles. The summed E-state index contributed by atoms with van der Waals surface area (Å²) in [6, 6.07) is 9.85. The molecule has 0 unspecified atom stereocenters. The first-order valence-corrected chi connectivity index (χ1v) is 3.72. The minimum atomic E-state index is 0.788. The molecule has 0 atom stereocenters. The molecule has 0 fully saturated rings. The predicted molar refractivity (Wildman–Crippen MR) is 47.4 cm³/mol. The molecule has 0 aliphatic rings. The molecule has 0 amide bonds. The minimum absolute atomic E-state index is 0.788. The normalized spacial score (nSPS) is 10.1. The molecular formula is C10H8N2. The summed E-state index contributed by atoms with van der Waals surface area (Å²) in [4.78, 5) is 4.12. The quantitative estimate of drug-likeness (QED) is 0.618. The number of imidazole rings is 1. The van der Waals surface area contributed by atoms with E-state index in [1.807, 2.05) is 30.3 Å². The van der Waals surface area contributed by atoms with Gasteiger partial charge in [0.2, 0.25) is 0 Å². The van der Waals surface area contributed by atoms with Crippen LogP contribution in [0.3, 0.4) is 0 Å². The fourth-order valence-electron chi connectivity index (χ4n) is 1.12. The largest absolute Gasteiger partial charge is 0.324 e. The van der Waals surface area contributed by atoms with Gasteiger partial charge in [0.05, 0.1) is 7.05 Å². The van der Waals surface area contributed by atoms with Gasteiger partial charge in [0, 0.05) is 18.0 Å². The molecular weight excluding hydrogens is 148 g/mol. The topological polar surface area (TPSA) is 17.8 Å². The van der Waals surface area contributed by atoms with Crippen molar-refractivity contribution in [1.29, 1.82) is 0 Å². The molecule has 0 bridgehead atoms. The Morgan fingerprint density at radius 2 is 1.92 bits per heavy atom. The maximum Gasteiger partial charge on any atom is 0.140 e. The van der Waals surface area contributed by atoms with Crippen LogP contribution in [-0.4, -0.2) is 9.55 Å². The standard InChI is InChI=1S/C10H8N2/c1-12-8-7-11-10(12)9-5-3-2-4-6-9/h1-8H. The summed E-state index contributed by atoms with van der Waals surface area (Å²) < 4.78 is 1.51. The number of aromatic nitrogens is 2. The number of rotatable bonds is 1. The first kappa shape index (κ1) is 7.10. The Kier molecular flexibility index (Phi) is 1.67. The predicted octanol–water partition coefficient (Wildman–Crippen LogP) is 2.07. The van der Waals surface area contributed by atoms with Crippen molar-refractivity contribution in [2.45, 2.75) is 0 Å². The summed E-state index contributed by atoms with van der Waals surface area (Å²) in [5, 5.41) is 0. The van der Waals surface area contributed by atoms with Crippen LogP contribution in [0.15, 0.2) is 42.7 Å². The van der Waals surface area contributed by atoms with Gasteiger partial charge >= 0.3 is 0 Å². The molecule has 2 rings (SSSR count). The molecule has 0 saturated carbocycles. The van der Waals surface area contributed by atoms with Crippen molar-refractivity contribution in [2.24, 2.45) is 0 Å². The number of hydrogen-bond donors (Lipinski definition) is 0. The average Bonchev–Trinajstić information content (AvgIpc) is 2.53. The Morgan fingerprint density at radius 1 is 1.17 bits per heavy atom. The van der Waals surface area contributed by atoms with Crippen molar-refractivity contribution >= 4 is 0 Å². The van der Waals surface area contributed by atoms with Gasteiger partial charge in [0.25, 0.3) is 0 Å². The highest BCUT2D eigenvalue weighted by atomic mass is 15.0. The monoisotopic (exact) mass is 156 g/mol. The van der Waals surface area contributed by atoms with Crippen molar-refractivity contribution in [2.75, 3.05) is 0 Å². The summed E-state index contributed by atoms with van der Waals surface area (Å²) in [6.45, 7) is 0. The molecule has 0 N–H and O–H groups in total. The molecule has 0 saturated heterocycles. The molecule has 1 heterocycles. The lowest BCUT2D eigenvalue weighted by Gasteiger charge is -1.99. The third-order valence-corrected chi connectivity index (χ3v) is 1.70. The van der Waals surface area contributed by atoms with E-state index in [0.717, 1.165) is 11.4 Å². The third kappa shape index (κ3) is 1.11. The molecule has 2 aromatic rings. The molecule has 0 spiro atoms. The summed E-state index contributed by atoms with van der Waals surface area (Å²) in [5.41, 5.74) is 1.03. The fraction of sp³-hybridized carbons (Fsp3) is 0. The maximum absolute atomic E-state index is 5.63. The fourth-order valence-corrected chi connectivity index (χ4v) is 1.12. The van der Waals surface area contributed by atoms with Crippen molar-refractivity contribution < 1.29 is 0 Å². The van der Waals surface area contributed by atoms with Gasteiger partial charge in [-0.05, 0) is 0 Å². The molecule has 2 heteroatoms. The second-order valence-corrected chi connectivity index (χ2v) is 2.52. The van der Waals surface area contributed by atoms with Gasteiger partial charge in [-0.2, -0.15) is 0 Å². The van der Waals surface area contributed by atoms with Gasteiger partial charge in [0.1, 0.15) is 5.82 Å². The highest BCUT2D eigenvalue weighted by molar-refractivity contribution is 5.55. The van der Waals surface area contributed by atoms with Crippen LogP contribution in [0.2, 0.25) is 0 Å². The van der Waals surface area contributed by atoms with Crippen molar-refractivity contribution in [3.8, 4) is 11.4 Å². The van der Waals surface area contributed by atoms with Crippen LogP contribution >= 0.6 is 0 Å². The SMILES string of the molecule is [CH]n1ccnc1-c1ccccc1. The van der Waals surface area contributed by atoms with Gasteiger partial charge in [-0.25, -0.2) is 4.98 Å². The molecule has 1 aromatic carbocycles. The first-order chi connectivity index (χ1) is 5.88. The molecule has 2 radical (unpaired) electrons. The third-order valence-electron chi connectivity index (χ3n) is 1.70. The van der Waals surface area contributed by atoms with E-state index in [-0.39, 0.29) is 0 Å². The Morgan fingerprint density at radius 3 is 2.50 bits per heavy atom. The van der Waals surface area contributed by atoms with Crippen LogP contribution in [0.4, 0.5) is 0 Å². The van der Waals surface area contributed by atoms with Crippen LogP contribution < -0.4 is 0 Å². The lowest BCUT2D eigenvalue weighted by molar-refractivity contribution is 1.07. The number of nitrogens with zero attached hydrogens (tertiary/aromatic N) is 2. The van der Waals surface area contributed by atoms with Crippen LogP contribution in [0.5, 0.6) is 0 Å². The van der Waals surface area contributed by atoms with Gasteiger partial charge in [-0.15, -0.1) is 0 Å². The van der Waals surface area contributed by atoms with E-state index < -0.39 is 0 Å². The number of benzene rings is 1. The van der Waals surface area contributed by atoms with E-state index in [0.29, 0.717) is 0 Å². The van der Waals surface area contributed by atoms with E-state index in [1.165, 1.54) is 4.57 Å². The van der Waals surface area contributed by atoms with Crippen LogP contribution in [0, 0.1) is 7.05 Å². The molecule has 0 aliphatic heterocycles. The summed E-state index contributed by atoms with van der Waals surface area (Å²) in [6.07, 6.45) is 3.41.